The second-order valence-corrected chi connectivity index (χ2v) is 5.61. The van der Waals surface area contributed by atoms with Crippen molar-refractivity contribution in [3.05, 3.63) is 59.2 Å². The lowest BCUT2D eigenvalue weighted by atomic mass is 10.1. The summed E-state index contributed by atoms with van der Waals surface area (Å²) in [4.78, 5) is 11.7. The smallest absolute Gasteiger partial charge is 0.319 e. The van der Waals surface area contributed by atoms with Gasteiger partial charge >= 0.3 is 6.03 Å². The molecule has 4 nitrogen and oxygen atoms in total. The summed E-state index contributed by atoms with van der Waals surface area (Å²) >= 11 is 0. The Morgan fingerprint density at radius 2 is 1.83 bits per heavy atom. The van der Waals surface area contributed by atoms with Gasteiger partial charge in [0.05, 0.1) is 6.54 Å². The van der Waals surface area contributed by atoms with Crippen LogP contribution in [0.25, 0.3) is 0 Å². The number of aryl methyl sites for hydroxylation is 2. The molecule has 0 radical (unpaired) electrons. The third kappa shape index (κ3) is 3.82. The molecular weight excluding hydrogens is 314 g/mol. The highest BCUT2D eigenvalue weighted by atomic mass is 19.1. The number of carbonyl (C=O) groups excluding carboxylic acids is 1. The maximum absolute atomic E-state index is 13.4. The lowest BCUT2D eigenvalue weighted by molar-refractivity contribution is 0.247. The molecule has 2 amide bonds. The minimum atomic E-state index is -0.820. The predicted octanol–water partition coefficient (Wildman–Crippen LogP) is 3.65. The fraction of sp³-hybridized carbons (Fsp3) is 0.278. The fourth-order valence-electron chi connectivity index (χ4n) is 2.75. The molecule has 0 aromatic heterocycles. The number of amides is 2. The molecule has 2 aromatic rings. The summed E-state index contributed by atoms with van der Waals surface area (Å²) in [6, 6.07) is 8.72. The van der Waals surface area contributed by atoms with Gasteiger partial charge in [-0.2, -0.15) is 0 Å². The Bertz CT molecular complexity index is 730. The summed E-state index contributed by atoms with van der Waals surface area (Å²) in [6.07, 6.45) is 3.36. The molecule has 0 bridgehead atoms. The van der Waals surface area contributed by atoms with E-state index < -0.39 is 23.4 Å². The van der Waals surface area contributed by atoms with Crippen molar-refractivity contribution in [1.82, 2.24) is 5.32 Å². The quantitative estimate of drug-likeness (QED) is 0.821. The van der Waals surface area contributed by atoms with Crippen LogP contribution in [0.4, 0.5) is 19.3 Å². The van der Waals surface area contributed by atoms with Gasteiger partial charge in [0.25, 0.3) is 0 Å². The number of hydrogen-bond acceptors (Lipinski definition) is 2. The number of fused-ring (bicyclic) bond motifs is 1. The molecule has 1 aliphatic carbocycles. The van der Waals surface area contributed by atoms with Crippen molar-refractivity contribution in [3.8, 4) is 5.75 Å². The number of ether oxygens (including phenoxy) is 1. The second-order valence-electron chi connectivity index (χ2n) is 5.61. The van der Waals surface area contributed by atoms with Crippen molar-refractivity contribution < 1.29 is 18.3 Å². The number of rotatable bonds is 5. The van der Waals surface area contributed by atoms with E-state index in [1.165, 1.54) is 23.6 Å². The maximum atomic E-state index is 13.4. The summed E-state index contributed by atoms with van der Waals surface area (Å²) in [6.45, 7) is 0.491. The Hall–Kier alpha value is -2.63. The molecule has 0 heterocycles. The van der Waals surface area contributed by atoms with Crippen molar-refractivity contribution in [2.24, 2.45) is 0 Å². The Morgan fingerprint density at radius 3 is 2.62 bits per heavy atom. The normalized spacial score (nSPS) is 12.6. The minimum Gasteiger partial charge on any atom is -0.492 e. The topological polar surface area (TPSA) is 50.4 Å². The van der Waals surface area contributed by atoms with Gasteiger partial charge in [-0.25, -0.2) is 13.6 Å². The summed E-state index contributed by atoms with van der Waals surface area (Å²) in [5.74, 6) is -0.878. The SMILES string of the molecule is O=C(NCCOc1ccc2c(c1)CCC2)Nc1c(F)cccc1F. The van der Waals surface area contributed by atoms with Crippen LogP contribution in [0.1, 0.15) is 17.5 Å². The summed E-state index contributed by atoms with van der Waals surface area (Å²) in [5.41, 5.74) is 2.22. The van der Waals surface area contributed by atoms with Gasteiger partial charge in [-0.05, 0) is 54.7 Å². The average Bonchev–Trinajstić information content (AvgIpc) is 3.03. The van der Waals surface area contributed by atoms with Crippen LogP contribution in [0, 0.1) is 11.6 Å². The van der Waals surface area contributed by atoms with Gasteiger partial charge in [0.15, 0.2) is 0 Å². The molecule has 126 valence electrons. The molecule has 0 spiro atoms. The largest absolute Gasteiger partial charge is 0.492 e. The number of halogens is 2. The number of anilines is 1. The van der Waals surface area contributed by atoms with E-state index >= 15 is 0 Å². The van der Waals surface area contributed by atoms with Crippen molar-refractivity contribution >= 4 is 11.7 Å². The van der Waals surface area contributed by atoms with E-state index in [4.69, 9.17) is 4.74 Å². The van der Waals surface area contributed by atoms with Crippen molar-refractivity contribution in [2.45, 2.75) is 19.3 Å². The van der Waals surface area contributed by atoms with Crippen LogP contribution in [0.15, 0.2) is 36.4 Å². The molecular formula is C18H18F2N2O2. The highest BCUT2D eigenvalue weighted by molar-refractivity contribution is 5.89. The fourth-order valence-corrected chi connectivity index (χ4v) is 2.75. The van der Waals surface area contributed by atoms with E-state index in [-0.39, 0.29) is 13.2 Å². The van der Waals surface area contributed by atoms with Crippen LogP contribution in [-0.2, 0) is 12.8 Å². The van der Waals surface area contributed by atoms with Gasteiger partial charge in [0.2, 0.25) is 0 Å². The van der Waals surface area contributed by atoms with Crippen LogP contribution in [0.5, 0.6) is 5.75 Å². The lowest BCUT2D eigenvalue weighted by Gasteiger charge is -2.11. The first-order valence-electron chi connectivity index (χ1n) is 7.87. The molecule has 24 heavy (non-hydrogen) atoms. The first kappa shape index (κ1) is 16.2. The number of benzene rings is 2. The van der Waals surface area contributed by atoms with Crippen LogP contribution < -0.4 is 15.4 Å². The van der Waals surface area contributed by atoms with Gasteiger partial charge in [-0.3, -0.25) is 0 Å². The zero-order valence-corrected chi connectivity index (χ0v) is 13.1. The second kappa shape index (κ2) is 7.29. The molecule has 1 aliphatic rings. The first-order valence-corrected chi connectivity index (χ1v) is 7.87. The Balaban J connectivity index is 1.44. The first-order chi connectivity index (χ1) is 11.6. The van der Waals surface area contributed by atoms with Crippen LogP contribution >= 0.6 is 0 Å². The molecule has 0 unspecified atom stereocenters. The Morgan fingerprint density at radius 1 is 1.08 bits per heavy atom. The number of nitrogens with one attached hydrogen (secondary N) is 2. The summed E-state index contributed by atoms with van der Waals surface area (Å²) < 4.78 is 32.4. The van der Waals surface area contributed by atoms with Crippen LogP contribution in [-0.4, -0.2) is 19.2 Å². The third-order valence-electron chi connectivity index (χ3n) is 3.93. The number of para-hydroxylation sites is 1. The van der Waals surface area contributed by atoms with Crippen molar-refractivity contribution in [1.29, 1.82) is 0 Å². The van der Waals surface area contributed by atoms with Gasteiger partial charge in [-0.1, -0.05) is 12.1 Å². The van der Waals surface area contributed by atoms with Crippen LogP contribution in [0.3, 0.4) is 0 Å². The summed E-state index contributed by atoms with van der Waals surface area (Å²) in [5, 5.41) is 4.66. The van der Waals surface area contributed by atoms with E-state index in [0.29, 0.717) is 0 Å². The van der Waals surface area contributed by atoms with Gasteiger partial charge in [0, 0.05) is 0 Å². The molecule has 6 heteroatoms. The third-order valence-corrected chi connectivity index (χ3v) is 3.93. The molecule has 0 saturated carbocycles. The summed E-state index contributed by atoms with van der Waals surface area (Å²) in [7, 11) is 0. The molecule has 3 rings (SSSR count). The number of hydrogen-bond donors (Lipinski definition) is 2. The minimum absolute atomic E-state index is 0.221. The molecule has 2 aromatic carbocycles. The lowest BCUT2D eigenvalue weighted by Crippen LogP contribution is -2.32. The van der Waals surface area contributed by atoms with Crippen molar-refractivity contribution in [2.75, 3.05) is 18.5 Å². The van der Waals surface area contributed by atoms with E-state index in [0.717, 1.165) is 30.7 Å². The van der Waals surface area contributed by atoms with Crippen LogP contribution in [0.2, 0.25) is 0 Å². The monoisotopic (exact) mass is 332 g/mol. The van der Waals surface area contributed by atoms with E-state index in [2.05, 4.69) is 16.7 Å². The van der Waals surface area contributed by atoms with Gasteiger partial charge < -0.3 is 15.4 Å². The van der Waals surface area contributed by atoms with Gasteiger partial charge in [0.1, 0.15) is 29.7 Å². The highest BCUT2D eigenvalue weighted by Gasteiger charge is 2.12. The predicted molar refractivity (Wildman–Crippen MR) is 87.3 cm³/mol. The Kier molecular flexibility index (Phi) is 4.93. The van der Waals surface area contributed by atoms with E-state index in [1.807, 2.05) is 12.1 Å². The molecule has 0 atom stereocenters. The molecule has 0 aliphatic heterocycles. The highest BCUT2D eigenvalue weighted by Crippen LogP contribution is 2.25. The number of carbonyl (C=O) groups is 1. The zero-order valence-electron chi connectivity index (χ0n) is 13.1. The zero-order chi connectivity index (χ0) is 16.9. The number of urea groups is 1. The Labute approximate surface area is 138 Å². The maximum Gasteiger partial charge on any atom is 0.319 e. The standard InChI is InChI=1S/C18H18F2N2O2/c19-15-5-2-6-16(20)17(15)22-18(23)21-9-10-24-14-8-7-12-3-1-4-13(12)11-14/h2,5-8,11H,1,3-4,9-10H2,(H2,21,22,23). The molecule has 2 N–H and O–H groups in total. The van der Waals surface area contributed by atoms with E-state index in [1.54, 1.807) is 0 Å². The molecule has 0 fully saturated rings. The average molecular weight is 332 g/mol. The van der Waals surface area contributed by atoms with Gasteiger partial charge in [-0.15, -0.1) is 0 Å². The molecule has 0 saturated heterocycles. The van der Waals surface area contributed by atoms with Crippen molar-refractivity contribution in [3.63, 3.8) is 0 Å². The van der Waals surface area contributed by atoms with E-state index in [9.17, 15) is 13.6 Å².